The summed E-state index contributed by atoms with van der Waals surface area (Å²) in [6.45, 7) is 0. The topological polar surface area (TPSA) is 29.1 Å². The van der Waals surface area contributed by atoms with Gasteiger partial charge in [0, 0.05) is 15.2 Å². The van der Waals surface area contributed by atoms with E-state index in [0.717, 1.165) is 18.5 Å². The second kappa shape index (κ2) is 5.13. The number of carbonyl (C=O) groups excluding carboxylic acids is 1. The van der Waals surface area contributed by atoms with Gasteiger partial charge in [0.15, 0.2) is 0 Å². The lowest BCUT2D eigenvalue weighted by atomic mass is 9.92. The average Bonchev–Trinajstić information content (AvgIpc) is 3.25. The van der Waals surface area contributed by atoms with Crippen LogP contribution in [0.4, 0.5) is 5.69 Å². The summed E-state index contributed by atoms with van der Waals surface area (Å²) < 4.78 is 1.18. The molecule has 21 heavy (non-hydrogen) atoms. The van der Waals surface area contributed by atoms with Crippen LogP contribution in [0.1, 0.15) is 23.5 Å². The van der Waals surface area contributed by atoms with E-state index in [0.29, 0.717) is 11.8 Å². The van der Waals surface area contributed by atoms with Gasteiger partial charge in [0.2, 0.25) is 5.91 Å². The van der Waals surface area contributed by atoms with Gasteiger partial charge in [-0.2, -0.15) is 0 Å². The Morgan fingerprint density at radius 2 is 1.86 bits per heavy atom. The lowest BCUT2D eigenvalue weighted by molar-refractivity contribution is -0.117. The normalized spacial score (nSPS) is 25.7. The molecule has 0 aliphatic heterocycles. The molecule has 4 rings (SSSR count). The summed E-state index contributed by atoms with van der Waals surface area (Å²) in [6, 6.07) is 16.6. The van der Waals surface area contributed by atoms with Crippen LogP contribution in [0.2, 0.25) is 0 Å². The number of hydrogen-bond acceptors (Lipinski definition) is 1. The van der Waals surface area contributed by atoms with Gasteiger partial charge in [-0.3, -0.25) is 4.79 Å². The molecule has 0 radical (unpaired) electrons. The van der Waals surface area contributed by atoms with Crippen molar-refractivity contribution in [3.63, 3.8) is 0 Å². The highest BCUT2D eigenvalue weighted by Crippen LogP contribution is 2.60. The third kappa shape index (κ3) is 2.37. The van der Waals surface area contributed by atoms with Crippen LogP contribution in [-0.2, 0) is 11.2 Å². The van der Waals surface area contributed by atoms with Crippen LogP contribution < -0.4 is 5.32 Å². The van der Waals surface area contributed by atoms with Crippen LogP contribution in [0, 0.1) is 15.4 Å². The molecule has 2 nitrogen and oxygen atoms in total. The molecule has 1 fully saturated rings. The molecule has 1 N–H and O–H groups in total. The molecule has 3 heteroatoms. The Hall–Kier alpha value is -1.36. The minimum absolute atomic E-state index is 0.160. The summed E-state index contributed by atoms with van der Waals surface area (Å²) in [5, 5.41) is 3.08. The molecular formula is C18H16INO. The smallest absolute Gasteiger partial charge is 0.228 e. The zero-order valence-electron chi connectivity index (χ0n) is 11.6. The average molecular weight is 389 g/mol. The van der Waals surface area contributed by atoms with Crippen LogP contribution in [0.25, 0.3) is 0 Å². The third-order valence-electron chi connectivity index (χ3n) is 4.74. The third-order valence-corrected chi connectivity index (χ3v) is 5.46. The largest absolute Gasteiger partial charge is 0.326 e. The van der Waals surface area contributed by atoms with E-state index in [1.165, 1.54) is 14.7 Å². The van der Waals surface area contributed by atoms with Gasteiger partial charge in [-0.1, -0.05) is 24.3 Å². The number of carbonyl (C=O) groups is 1. The van der Waals surface area contributed by atoms with Gasteiger partial charge in [-0.15, -0.1) is 0 Å². The Morgan fingerprint density at radius 1 is 1.10 bits per heavy atom. The second-order valence-corrected chi connectivity index (χ2v) is 7.19. The Kier molecular flexibility index (Phi) is 3.25. The van der Waals surface area contributed by atoms with Crippen molar-refractivity contribution in [2.75, 3.05) is 5.32 Å². The highest BCUT2D eigenvalue weighted by atomic mass is 127. The van der Waals surface area contributed by atoms with Crippen LogP contribution in [0.5, 0.6) is 0 Å². The maximum Gasteiger partial charge on any atom is 0.228 e. The van der Waals surface area contributed by atoms with Crippen molar-refractivity contribution in [3.05, 3.63) is 63.2 Å². The monoisotopic (exact) mass is 389 g/mol. The Labute approximate surface area is 138 Å². The van der Waals surface area contributed by atoms with E-state index in [1.807, 2.05) is 24.3 Å². The number of anilines is 1. The molecule has 0 heterocycles. The van der Waals surface area contributed by atoms with Gasteiger partial charge in [0.25, 0.3) is 0 Å². The number of hydrogen-bond donors (Lipinski definition) is 1. The highest BCUT2D eigenvalue weighted by Gasteiger charge is 2.56. The van der Waals surface area contributed by atoms with Crippen LogP contribution in [0.15, 0.2) is 48.5 Å². The van der Waals surface area contributed by atoms with Gasteiger partial charge in [-0.05, 0) is 82.7 Å². The summed E-state index contributed by atoms with van der Waals surface area (Å²) >= 11 is 2.27. The van der Waals surface area contributed by atoms with E-state index in [2.05, 4.69) is 52.2 Å². The predicted molar refractivity (Wildman–Crippen MR) is 92.3 cm³/mol. The van der Waals surface area contributed by atoms with E-state index in [-0.39, 0.29) is 11.8 Å². The molecule has 3 atom stereocenters. The number of aryl methyl sites for hydroxylation is 1. The number of halogens is 1. The van der Waals surface area contributed by atoms with Crippen LogP contribution in [0.3, 0.4) is 0 Å². The fourth-order valence-electron chi connectivity index (χ4n) is 3.68. The van der Waals surface area contributed by atoms with Crippen molar-refractivity contribution in [1.29, 1.82) is 0 Å². The molecule has 2 aliphatic carbocycles. The Morgan fingerprint density at radius 3 is 2.67 bits per heavy atom. The van der Waals surface area contributed by atoms with Crippen LogP contribution >= 0.6 is 22.6 Å². The van der Waals surface area contributed by atoms with Crippen molar-refractivity contribution in [3.8, 4) is 0 Å². The summed E-state index contributed by atoms with van der Waals surface area (Å²) in [4.78, 5) is 12.5. The van der Waals surface area contributed by atoms with Gasteiger partial charge in [0.05, 0.1) is 0 Å². The summed E-state index contributed by atoms with van der Waals surface area (Å²) in [6.07, 6.45) is 2.26. The summed E-state index contributed by atoms with van der Waals surface area (Å²) in [5.74, 6) is 1.33. The molecule has 0 bridgehead atoms. The van der Waals surface area contributed by atoms with Crippen molar-refractivity contribution >= 4 is 34.2 Å². The SMILES string of the molecule is O=C(Nc1ccc(I)cc1)C1C2CCc3ccccc3C21. The molecule has 2 aromatic carbocycles. The maximum atomic E-state index is 12.5. The number of amides is 1. The first-order valence-corrected chi connectivity index (χ1v) is 8.46. The number of rotatable bonds is 2. The van der Waals surface area contributed by atoms with Gasteiger partial charge >= 0.3 is 0 Å². The van der Waals surface area contributed by atoms with Crippen molar-refractivity contribution in [1.82, 2.24) is 0 Å². The van der Waals surface area contributed by atoms with Crippen molar-refractivity contribution in [2.45, 2.75) is 18.8 Å². The van der Waals surface area contributed by atoms with Crippen molar-refractivity contribution in [2.24, 2.45) is 11.8 Å². The Bertz CT molecular complexity index is 695. The molecule has 0 aromatic heterocycles. The molecule has 0 spiro atoms. The fraction of sp³-hybridized carbons (Fsp3) is 0.278. The van der Waals surface area contributed by atoms with Gasteiger partial charge in [-0.25, -0.2) is 0 Å². The quantitative estimate of drug-likeness (QED) is 0.767. The van der Waals surface area contributed by atoms with Crippen LogP contribution in [-0.4, -0.2) is 5.91 Å². The number of nitrogens with one attached hydrogen (secondary N) is 1. The zero-order chi connectivity index (χ0) is 14.4. The fourth-order valence-corrected chi connectivity index (χ4v) is 4.04. The van der Waals surface area contributed by atoms with Gasteiger partial charge in [0.1, 0.15) is 0 Å². The second-order valence-electron chi connectivity index (χ2n) is 5.95. The first-order valence-electron chi connectivity index (χ1n) is 7.38. The number of fused-ring (bicyclic) bond motifs is 3. The van der Waals surface area contributed by atoms with E-state index in [1.54, 1.807) is 0 Å². The minimum Gasteiger partial charge on any atom is -0.326 e. The van der Waals surface area contributed by atoms with Gasteiger partial charge < -0.3 is 5.32 Å². The molecule has 0 saturated heterocycles. The molecule has 1 amide bonds. The van der Waals surface area contributed by atoms with E-state index in [4.69, 9.17) is 0 Å². The molecule has 2 aliphatic rings. The standard InChI is InChI=1S/C18H16INO/c19-12-6-8-13(9-7-12)20-18(21)17-15-10-5-11-3-1-2-4-14(11)16(15)17/h1-4,6-9,15-17H,5,10H2,(H,20,21). The summed E-state index contributed by atoms with van der Waals surface area (Å²) in [7, 11) is 0. The molecule has 3 unspecified atom stereocenters. The first kappa shape index (κ1) is 13.3. The predicted octanol–water partition coefficient (Wildman–Crippen LogP) is 4.21. The maximum absolute atomic E-state index is 12.5. The lowest BCUT2D eigenvalue weighted by Crippen LogP contribution is -2.15. The molecule has 2 aromatic rings. The van der Waals surface area contributed by atoms with Crippen molar-refractivity contribution < 1.29 is 4.79 Å². The Balaban J connectivity index is 1.52. The summed E-state index contributed by atoms with van der Waals surface area (Å²) in [5.41, 5.74) is 3.73. The highest BCUT2D eigenvalue weighted by molar-refractivity contribution is 14.1. The van der Waals surface area contributed by atoms with E-state index < -0.39 is 0 Å². The molecule has 1 saturated carbocycles. The lowest BCUT2D eigenvalue weighted by Gasteiger charge is -2.13. The molecule has 106 valence electrons. The molecular weight excluding hydrogens is 373 g/mol. The minimum atomic E-state index is 0.160. The first-order chi connectivity index (χ1) is 10.2. The zero-order valence-corrected chi connectivity index (χ0v) is 13.7. The number of benzene rings is 2. The van der Waals surface area contributed by atoms with E-state index in [9.17, 15) is 4.79 Å². The van der Waals surface area contributed by atoms with E-state index >= 15 is 0 Å².